The van der Waals surface area contributed by atoms with Crippen LogP contribution in [0.25, 0.3) is 6.08 Å². The van der Waals surface area contributed by atoms with Crippen molar-refractivity contribution in [2.24, 2.45) is 5.92 Å². The van der Waals surface area contributed by atoms with Crippen LogP contribution in [0.1, 0.15) is 37.8 Å². The largest absolute Gasteiger partial charge is 0.478 e. The van der Waals surface area contributed by atoms with Crippen LogP contribution in [-0.2, 0) is 16.1 Å². The molecular weight excluding hydrogens is 259 g/mol. The number of hydrogen-bond acceptors (Lipinski definition) is 2. The van der Waals surface area contributed by atoms with Gasteiger partial charge in [0, 0.05) is 12.7 Å². The highest BCUT2D eigenvalue weighted by molar-refractivity contribution is 5.85. The molecule has 0 radical (unpaired) electrons. The van der Waals surface area contributed by atoms with Gasteiger partial charge in [0.25, 0.3) is 0 Å². The van der Waals surface area contributed by atoms with Gasteiger partial charge in [-0.2, -0.15) is 0 Å². The van der Waals surface area contributed by atoms with Gasteiger partial charge in [0.15, 0.2) is 0 Å². The highest BCUT2D eigenvalue weighted by atomic mass is 19.1. The van der Waals surface area contributed by atoms with E-state index in [0.717, 1.165) is 24.5 Å². The molecule has 1 aromatic carbocycles. The maximum atomic E-state index is 13.2. The van der Waals surface area contributed by atoms with Gasteiger partial charge in [-0.25, -0.2) is 9.18 Å². The summed E-state index contributed by atoms with van der Waals surface area (Å²) in [6.45, 7) is 5.26. The van der Waals surface area contributed by atoms with Crippen LogP contribution in [0.3, 0.4) is 0 Å². The Morgan fingerprint density at radius 1 is 1.50 bits per heavy atom. The zero-order chi connectivity index (χ0) is 15.0. The van der Waals surface area contributed by atoms with Gasteiger partial charge in [0.2, 0.25) is 0 Å². The Labute approximate surface area is 119 Å². The molecule has 0 aromatic heterocycles. The fourth-order valence-corrected chi connectivity index (χ4v) is 1.96. The van der Waals surface area contributed by atoms with Gasteiger partial charge < -0.3 is 9.84 Å². The first-order valence-electron chi connectivity index (χ1n) is 6.80. The number of carboxylic acid groups (broad SMARTS) is 1. The van der Waals surface area contributed by atoms with Gasteiger partial charge in [0.05, 0.1) is 6.61 Å². The molecule has 0 fully saturated rings. The average molecular weight is 280 g/mol. The third-order valence-corrected chi connectivity index (χ3v) is 2.95. The van der Waals surface area contributed by atoms with E-state index in [4.69, 9.17) is 9.84 Å². The Morgan fingerprint density at radius 2 is 2.25 bits per heavy atom. The highest BCUT2D eigenvalue weighted by Gasteiger charge is 2.05. The summed E-state index contributed by atoms with van der Waals surface area (Å²) in [6, 6.07) is 4.29. The molecule has 0 aliphatic carbocycles. The van der Waals surface area contributed by atoms with Gasteiger partial charge in [0.1, 0.15) is 5.82 Å². The van der Waals surface area contributed by atoms with E-state index in [9.17, 15) is 9.18 Å². The Hall–Kier alpha value is -1.68. The fourth-order valence-electron chi connectivity index (χ4n) is 1.96. The van der Waals surface area contributed by atoms with Crippen LogP contribution in [0.2, 0.25) is 0 Å². The number of carbonyl (C=O) groups is 1. The summed E-state index contributed by atoms with van der Waals surface area (Å²) >= 11 is 0. The van der Waals surface area contributed by atoms with Crippen molar-refractivity contribution in [3.05, 3.63) is 41.2 Å². The molecule has 4 heteroatoms. The first kappa shape index (κ1) is 16.4. The quantitative estimate of drug-likeness (QED) is 0.735. The predicted octanol–water partition coefficient (Wildman–Crippen LogP) is 3.88. The van der Waals surface area contributed by atoms with Gasteiger partial charge in [-0.3, -0.25) is 0 Å². The molecule has 1 N–H and O–H groups in total. The van der Waals surface area contributed by atoms with Crippen LogP contribution >= 0.6 is 0 Å². The molecular formula is C16H21FO3. The summed E-state index contributed by atoms with van der Waals surface area (Å²) in [7, 11) is 0. The van der Waals surface area contributed by atoms with Gasteiger partial charge in [-0.1, -0.05) is 26.3 Å². The standard InChI is InChI=1S/C16H21FO3/c1-3-4-12(2)10-20-11-14-5-7-15(17)9-13(14)6-8-16(18)19/h5-9,12H,3-4,10-11H2,1-2H3,(H,18,19)/b8-6+. The molecule has 1 unspecified atom stereocenters. The average Bonchev–Trinajstić information content (AvgIpc) is 2.38. The molecule has 20 heavy (non-hydrogen) atoms. The van der Waals surface area contributed by atoms with E-state index in [0.29, 0.717) is 24.7 Å². The second kappa shape index (κ2) is 8.48. The molecule has 0 bridgehead atoms. The molecule has 1 atom stereocenters. The molecule has 1 rings (SSSR count). The molecule has 0 saturated carbocycles. The van der Waals surface area contributed by atoms with Crippen molar-refractivity contribution in [1.82, 2.24) is 0 Å². The lowest BCUT2D eigenvalue weighted by Crippen LogP contribution is -2.06. The van der Waals surface area contributed by atoms with Crippen molar-refractivity contribution in [1.29, 1.82) is 0 Å². The number of carboxylic acids is 1. The number of ether oxygens (including phenoxy) is 1. The third-order valence-electron chi connectivity index (χ3n) is 2.95. The molecule has 3 nitrogen and oxygen atoms in total. The van der Waals surface area contributed by atoms with Gasteiger partial charge in [-0.15, -0.1) is 0 Å². The number of benzene rings is 1. The second-order valence-corrected chi connectivity index (χ2v) is 4.92. The lowest BCUT2D eigenvalue weighted by Gasteiger charge is -2.12. The summed E-state index contributed by atoms with van der Waals surface area (Å²) in [5.41, 5.74) is 1.32. The summed E-state index contributed by atoms with van der Waals surface area (Å²) in [4.78, 5) is 10.5. The first-order valence-corrected chi connectivity index (χ1v) is 6.80. The van der Waals surface area contributed by atoms with E-state index in [1.165, 1.54) is 18.2 Å². The summed E-state index contributed by atoms with van der Waals surface area (Å²) in [5, 5.41) is 8.63. The summed E-state index contributed by atoms with van der Waals surface area (Å²) < 4.78 is 18.8. The summed E-state index contributed by atoms with van der Waals surface area (Å²) in [6.07, 6.45) is 4.61. The number of hydrogen-bond donors (Lipinski definition) is 1. The van der Waals surface area contributed by atoms with Crippen LogP contribution in [0.5, 0.6) is 0 Å². The lowest BCUT2D eigenvalue weighted by molar-refractivity contribution is -0.131. The van der Waals surface area contributed by atoms with Gasteiger partial charge in [-0.05, 0) is 41.7 Å². The van der Waals surface area contributed by atoms with E-state index in [-0.39, 0.29) is 0 Å². The van der Waals surface area contributed by atoms with Gasteiger partial charge >= 0.3 is 5.97 Å². The topological polar surface area (TPSA) is 46.5 Å². The van der Waals surface area contributed by atoms with Crippen molar-refractivity contribution in [2.45, 2.75) is 33.3 Å². The highest BCUT2D eigenvalue weighted by Crippen LogP contribution is 2.15. The normalized spacial score (nSPS) is 12.8. The molecule has 110 valence electrons. The molecule has 0 aliphatic heterocycles. The minimum atomic E-state index is -1.06. The molecule has 0 amide bonds. The minimum Gasteiger partial charge on any atom is -0.478 e. The Morgan fingerprint density at radius 3 is 2.90 bits per heavy atom. The lowest BCUT2D eigenvalue weighted by atomic mass is 10.1. The molecule has 0 saturated heterocycles. The van der Waals surface area contributed by atoms with Crippen molar-refractivity contribution >= 4 is 12.0 Å². The maximum absolute atomic E-state index is 13.2. The van der Waals surface area contributed by atoms with E-state index < -0.39 is 11.8 Å². The van der Waals surface area contributed by atoms with Crippen molar-refractivity contribution in [2.75, 3.05) is 6.61 Å². The molecule has 0 heterocycles. The summed E-state index contributed by atoms with van der Waals surface area (Å²) in [5.74, 6) is -0.964. The Bertz CT molecular complexity index is 469. The molecule has 0 spiro atoms. The van der Waals surface area contributed by atoms with Crippen molar-refractivity contribution in [3.63, 3.8) is 0 Å². The van der Waals surface area contributed by atoms with Crippen LogP contribution < -0.4 is 0 Å². The van der Waals surface area contributed by atoms with E-state index in [1.54, 1.807) is 6.07 Å². The van der Waals surface area contributed by atoms with Crippen LogP contribution in [-0.4, -0.2) is 17.7 Å². The van der Waals surface area contributed by atoms with E-state index >= 15 is 0 Å². The Kier molecular flexibility index (Phi) is 6.94. The van der Waals surface area contributed by atoms with Crippen LogP contribution in [0.4, 0.5) is 4.39 Å². The van der Waals surface area contributed by atoms with Crippen molar-refractivity contribution in [3.8, 4) is 0 Å². The van der Waals surface area contributed by atoms with E-state index in [2.05, 4.69) is 13.8 Å². The van der Waals surface area contributed by atoms with Crippen LogP contribution in [0.15, 0.2) is 24.3 Å². The zero-order valence-corrected chi connectivity index (χ0v) is 11.9. The third kappa shape index (κ3) is 5.97. The minimum absolute atomic E-state index is 0.355. The first-order chi connectivity index (χ1) is 9.52. The SMILES string of the molecule is CCCC(C)COCc1ccc(F)cc1/C=C/C(=O)O. The smallest absolute Gasteiger partial charge is 0.328 e. The molecule has 0 aliphatic rings. The van der Waals surface area contributed by atoms with E-state index in [1.807, 2.05) is 0 Å². The van der Waals surface area contributed by atoms with Crippen molar-refractivity contribution < 1.29 is 19.0 Å². The number of rotatable bonds is 8. The predicted molar refractivity (Wildman–Crippen MR) is 76.8 cm³/mol. The Balaban J connectivity index is 2.66. The number of halogens is 1. The van der Waals surface area contributed by atoms with Crippen LogP contribution in [0, 0.1) is 11.7 Å². The number of aliphatic carboxylic acids is 1. The fraction of sp³-hybridized carbons (Fsp3) is 0.438. The molecule has 1 aromatic rings. The monoisotopic (exact) mass is 280 g/mol. The zero-order valence-electron chi connectivity index (χ0n) is 11.9. The maximum Gasteiger partial charge on any atom is 0.328 e. The second-order valence-electron chi connectivity index (χ2n) is 4.92.